The average Bonchev–Trinajstić information content (AvgIpc) is 2.23. The molecule has 3 nitrogen and oxygen atoms in total. The van der Waals surface area contributed by atoms with E-state index < -0.39 is 0 Å². The van der Waals surface area contributed by atoms with Gasteiger partial charge < -0.3 is 11.1 Å². The fourth-order valence-corrected chi connectivity index (χ4v) is 1.50. The van der Waals surface area contributed by atoms with Gasteiger partial charge in [-0.05, 0) is 33.1 Å². The van der Waals surface area contributed by atoms with Crippen LogP contribution < -0.4 is 11.1 Å². The lowest BCUT2D eigenvalue weighted by atomic mass is 10.0. The van der Waals surface area contributed by atoms with Gasteiger partial charge in [-0.3, -0.25) is 4.79 Å². The van der Waals surface area contributed by atoms with Crippen molar-refractivity contribution in [2.75, 3.05) is 6.54 Å². The van der Waals surface area contributed by atoms with Gasteiger partial charge in [-0.15, -0.1) is 0 Å². The number of allylic oxidation sites excluding steroid dienone is 1. The van der Waals surface area contributed by atoms with E-state index in [1.807, 2.05) is 26.8 Å². The van der Waals surface area contributed by atoms with Crippen molar-refractivity contribution in [1.82, 2.24) is 5.32 Å². The Morgan fingerprint density at radius 1 is 1.38 bits per heavy atom. The number of rotatable bonds is 8. The topological polar surface area (TPSA) is 55.1 Å². The minimum Gasteiger partial charge on any atom is -0.356 e. The minimum atomic E-state index is 0.101. The Hall–Kier alpha value is -0.830. The monoisotopic (exact) mass is 226 g/mol. The van der Waals surface area contributed by atoms with Crippen LogP contribution in [-0.2, 0) is 4.79 Å². The van der Waals surface area contributed by atoms with Gasteiger partial charge >= 0.3 is 0 Å². The van der Waals surface area contributed by atoms with E-state index >= 15 is 0 Å². The second-order valence-corrected chi connectivity index (χ2v) is 4.46. The van der Waals surface area contributed by atoms with Crippen molar-refractivity contribution in [2.24, 2.45) is 11.7 Å². The third-order valence-corrected chi connectivity index (χ3v) is 2.59. The number of nitrogens with two attached hydrogens (primary N) is 1. The van der Waals surface area contributed by atoms with E-state index in [-0.39, 0.29) is 17.9 Å². The van der Waals surface area contributed by atoms with E-state index in [4.69, 9.17) is 5.73 Å². The quantitative estimate of drug-likeness (QED) is 0.492. The molecule has 0 aromatic rings. The Balaban J connectivity index is 3.57. The van der Waals surface area contributed by atoms with Crippen LogP contribution in [0.4, 0.5) is 0 Å². The lowest BCUT2D eigenvalue weighted by Crippen LogP contribution is -2.30. The second kappa shape index (κ2) is 9.40. The molecule has 0 bridgehead atoms. The molecule has 0 aliphatic rings. The fourth-order valence-electron chi connectivity index (χ4n) is 1.50. The lowest BCUT2D eigenvalue weighted by Gasteiger charge is -2.12. The first kappa shape index (κ1) is 15.2. The molecule has 0 heterocycles. The van der Waals surface area contributed by atoms with Gasteiger partial charge in [-0.1, -0.05) is 25.5 Å². The van der Waals surface area contributed by atoms with Gasteiger partial charge in [0.15, 0.2) is 0 Å². The molecule has 0 saturated carbocycles. The first-order chi connectivity index (χ1) is 7.57. The smallest absolute Gasteiger partial charge is 0.222 e. The van der Waals surface area contributed by atoms with E-state index in [1.165, 1.54) is 0 Å². The predicted molar refractivity (Wildman–Crippen MR) is 69.1 cm³/mol. The van der Waals surface area contributed by atoms with Gasteiger partial charge in [0, 0.05) is 18.5 Å². The predicted octanol–water partition coefficient (Wildman–Crippen LogP) is 2.22. The number of nitrogens with one attached hydrogen (secondary N) is 1. The van der Waals surface area contributed by atoms with E-state index in [0.29, 0.717) is 0 Å². The fraction of sp³-hybridized carbons (Fsp3) is 0.769. The van der Waals surface area contributed by atoms with E-state index in [1.54, 1.807) is 0 Å². The van der Waals surface area contributed by atoms with Crippen LogP contribution in [0.15, 0.2) is 12.2 Å². The largest absolute Gasteiger partial charge is 0.356 e. The molecule has 0 aliphatic heterocycles. The van der Waals surface area contributed by atoms with Crippen LogP contribution >= 0.6 is 0 Å². The van der Waals surface area contributed by atoms with Crippen molar-refractivity contribution < 1.29 is 4.79 Å². The number of hydrogen-bond donors (Lipinski definition) is 2. The van der Waals surface area contributed by atoms with Gasteiger partial charge in [0.25, 0.3) is 0 Å². The molecule has 0 aromatic carbocycles. The third-order valence-electron chi connectivity index (χ3n) is 2.59. The minimum absolute atomic E-state index is 0.101. The Kier molecular flexibility index (Phi) is 8.91. The highest BCUT2D eigenvalue weighted by Gasteiger charge is 2.11. The molecule has 0 radical (unpaired) electrons. The zero-order chi connectivity index (χ0) is 12.4. The molecule has 16 heavy (non-hydrogen) atoms. The molecule has 3 heteroatoms. The maximum absolute atomic E-state index is 11.6. The Labute approximate surface area is 99.5 Å². The van der Waals surface area contributed by atoms with Crippen LogP contribution in [0.5, 0.6) is 0 Å². The van der Waals surface area contributed by atoms with E-state index in [0.717, 1.165) is 32.2 Å². The van der Waals surface area contributed by atoms with Crippen LogP contribution in [0.2, 0.25) is 0 Å². The molecular formula is C13H26N2O. The summed E-state index contributed by atoms with van der Waals surface area (Å²) < 4.78 is 0. The van der Waals surface area contributed by atoms with E-state index in [9.17, 15) is 4.79 Å². The van der Waals surface area contributed by atoms with Gasteiger partial charge in [0.1, 0.15) is 0 Å². The first-order valence-corrected chi connectivity index (χ1v) is 6.22. The molecule has 3 N–H and O–H groups in total. The highest BCUT2D eigenvalue weighted by atomic mass is 16.1. The summed E-state index contributed by atoms with van der Waals surface area (Å²) in [6.07, 6.45) is 7.92. The number of amides is 1. The molecule has 0 aliphatic carbocycles. The molecule has 1 amide bonds. The molecule has 2 unspecified atom stereocenters. The van der Waals surface area contributed by atoms with Crippen molar-refractivity contribution in [1.29, 1.82) is 0 Å². The van der Waals surface area contributed by atoms with Gasteiger partial charge in [-0.2, -0.15) is 0 Å². The summed E-state index contributed by atoms with van der Waals surface area (Å²) in [6, 6.07) is 0.241. The van der Waals surface area contributed by atoms with Crippen LogP contribution in [0.25, 0.3) is 0 Å². The zero-order valence-corrected chi connectivity index (χ0v) is 10.8. The molecular weight excluding hydrogens is 200 g/mol. The van der Waals surface area contributed by atoms with Crippen molar-refractivity contribution >= 4 is 5.91 Å². The summed E-state index contributed by atoms with van der Waals surface area (Å²) in [5.41, 5.74) is 5.66. The summed E-state index contributed by atoms with van der Waals surface area (Å²) in [5, 5.41) is 2.93. The van der Waals surface area contributed by atoms with Crippen LogP contribution in [0.1, 0.15) is 46.5 Å². The maximum Gasteiger partial charge on any atom is 0.222 e. The summed E-state index contributed by atoms with van der Waals surface area (Å²) in [4.78, 5) is 11.6. The van der Waals surface area contributed by atoms with Gasteiger partial charge in [0.05, 0.1) is 0 Å². The Morgan fingerprint density at radius 2 is 2.06 bits per heavy atom. The molecule has 2 atom stereocenters. The van der Waals surface area contributed by atoms with Crippen molar-refractivity contribution in [3.8, 4) is 0 Å². The van der Waals surface area contributed by atoms with Crippen molar-refractivity contribution in [3.63, 3.8) is 0 Å². The second-order valence-electron chi connectivity index (χ2n) is 4.46. The SMILES string of the molecule is C/C=C/CCNC(=O)C(C)CCCC(C)N. The highest BCUT2D eigenvalue weighted by molar-refractivity contribution is 5.78. The summed E-state index contributed by atoms with van der Waals surface area (Å²) >= 11 is 0. The average molecular weight is 226 g/mol. The molecule has 0 rings (SSSR count). The molecule has 0 aromatic heterocycles. The normalized spacial score (nSPS) is 15.0. The summed E-state index contributed by atoms with van der Waals surface area (Å²) in [7, 11) is 0. The van der Waals surface area contributed by atoms with Crippen LogP contribution in [0.3, 0.4) is 0 Å². The molecule has 0 spiro atoms. The number of hydrogen-bond acceptors (Lipinski definition) is 2. The molecule has 0 saturated heterocycles. The highest BCUT2D eigenvalue weighted by Crippen LogP contribution is 2.08. The van der Waals surface area contributed by atoms with Crippen molar-refractivity contribution in [2.45, 2.75) is 52.5 Å². The maximum atomic E-state index is 11.6. The van der Waals surface area contributed by atoms with Crippen LogP contribution in [-0.4, -0.2) is 18.5 Å². The van der Waals surface area contributed by atoms with Crippen LogP contribution in [0, 0.1) is 5.92 Å². The molecule has 94 valence electrons. The zero-order valence-electron chi connectivity index (χ0n) is 10.8. The third kappa shape index (κ3) is 8.48. The van der Waals surface area contributed by atoms with Crippen molar-refractivity contribution in [3.05, 3.63) is 12.2 Å². The Morgan fingerprint density at radius 3 is 2.62 bits per heavy atom. The standard InChI is InChI=1S/C13H26N2O/c1-4-5-6-10-15-13(16)11(2)8-7-9-12(3)14/h4-5,11-12H,6-10,14H2,1-3H3,(H,15,16)/b5-4+. The van der Waals surface area contributed by atoms with E-state index in [2.05, 4.69) is 11.4 Å². The number of carbonyl (C=O) groups is 1. The molecule has 0 fully saturated rings. The first-order valence-electron chi connectivity index (χ1n) is 6.22. The lowest BCUT2D eigenvalue weighted by molar-refractivity contribution is -0.124. The number of carbonyl (C=O) groups excluding carboxylic acids is 1. The summed E-state index contributed by atoms with van der Waals surface area (Å²) in [5.74, 6) is 0.263. The van der Waals surface area contributed by atoms with Gasteiger partial charge in [0.2, 0.25) is 5.91 Å². The summed E-state index contributed by atoms with van der Waals surface area (Å²) in [6.45, 7) is 6.70. The van der Waals surface area contributed by atoms with Gasteiger partial charge in [-0.25, -0.2) is 0 Å². The Bertz CT molecular complexity index is 212.